The number of aromatic amines is 1. The number of pyridine rings is 2. The molecule has 0 saturated carbocycles. The molecule has 0 spiro atoms. The number of halogens is 1. The molecule has 1 aliphatic rings. The van der Waals surface area contributed by atoms with Crippen LogP contribution >= 0.6 is 11.6 Å². The summed E-state index contributed by atoms with van der Waals surface area (Å²) in [5.74, 6) is 0.679. The highest BCUT2D eigenvalue weighted by Crippen LogP contribution is 2.31. The zero-order valence-corrected chi connectivity index (χ0v) is 22.7. The summed E-state index contributed by atoms with van der Waals surface area (Å²) in [5.41, 5.74) is 4.92. The average Bonchev–Trinajstić information content (AvgIpc) is 3.29. The summed E-state index contributed by atoms with van der Waals surface area (Å²) in [6.45, 7) is 9.47. The molecule has 196 valence electrons. The highest BCUT2D eigenvalue weighted by Gasteiger charge is 2.26. The van der Waals surface area contributed by atoms with Crippen molar-refractivity contribution in [3.63, 3.8) is 0 Å². The molecule has 0 unspecified atom stereocenters. The maximum atomic E-state index is 12.9. The van der Waals surface area contributed by atoms with Crippen LogP contribution < -0.4 is 10.1 Å². The van der Waals surface area contributed by atoms with Gasteiger partial charge in [-0.2, -0.15) is 5.10 Å². The van der Waals surface area contributed by atoms with E-state index in [1.165, 1.54) is 0 Å². The van der Waals surface area contributed by atoms with Gasteiger partial charge in [-0.25, -0.2) is 0 Å². The Morgan fingerprint density at radius 2 is 1.92 bits per heavy atom. The van der Waals surface area contributed by atoms with E-state index in [9.17, 15) is 4.79 Å². The second kappa shape index (κ2) is 10.9. The molecular formula is C29H31ClN6O2. The SMILES string of the molecule is Cc1cncc(Cl)c1[C@@H](C)Oc1ccc2[nH]nc(/C=C/c3ccc(C(=O)N4C[C@@H](C)N[C@@H](C)C4)nc3)c2c1. The minimum absolute atomic E-state index is 0.0379. The van der Waals surface area contributed by atoms with Gasteiger partial charge in [-0.1, -0.05) is 23.7 Å². The number of nitrogens with zero attached hydrogens (tertiary/aromatic N) is 4. The van der Waals surface area contributed by atoms with Gasteiger partial charge in [-0.3, -0.25) is 19.9 Å². The molecule has 1 aromatic carbocycles. The number of piperazine rings is 1. The van der Waals surface area contributed by atoms with Crippen LogP contribution in [0.25, 0.3) is 23.1 Å². The van der Waals surface area contributed by atoms with Crippen molar-refractivity contribution in [2.24, 2.45) is 0 Å². The first kappa shape index (κ1) is 25.9. The Bertz CT molecular complexity index is 1450. The van der Waals surface area contributed by atoms with E-state index < -0.39 is 0 Å². The Kier molecular flexibility index (Phi) is 7.44. The third kappa shape index (κ3) is 5.56. The third-order valence-corrected chi connectivity index (χ3v) is 7.01. The monoisotopic (exact) mass is 530 g/mol. The van der Waals surface area contributed by atoms with Crippen molar-refractivity contribution in [2.45, 2.75) is 45.9 Å². The summed E-state index contributed by atoms with van der Waals surface area (Å²) in [6, 6.07) is 10.0. The van der Waals surface area contributed by atoms with E-state index >= 15 is 0 Å². The van der Waals surface area contributed by atoms with E-state index in [0.29, 0.717) is 23.8 Å². The van der Waals surface area contributed by atoms with Crippen molar-refractivity contribution < 1.29 is 9.53 Å². The molecular weight excluding hydrogens is 500 g/mol. The normalized spacial score (nSPS) is 18.7. The van der Waals surface area contributed by atoms with E-state index in [1.807, 2.05) is 55.2 Å². The van der Waals surface area contributed by atoms with Gasteiger partial charge in [0.25, 0.3) is 5.91 Å². The molecule has 1 aliphatic heterocycles. The largest absolute Gasteiger partial charge is 0.486 e. The lowest BCUT2D eigenvalue weighted by Gasteiger charge is -2.35. The number of hydrogen-bond donors (Lipinski definition) is 2. The van der Waals surface area contributed by atoms with Crippen LogP contribution in [0.4, 0.5) is 0 Å². The number of rotatable bonds is 6. The van der Waals surface area contributed by atoms with Crippen LogP contribution in [0, 0.1) is 6.92 Å². The minimum atomic E-state index is -0.242. The molecule has 1 saturated heterocycles. The van der Waals surface area contributed by atoms with E-state index in [0.717, 1.165) is 39.0 Å². The number of nitrogens with one attached hydrogen (secondary N) is 2. The average molecular weight is 531 g/mol. The van der Waals surface area contributed by atoms with E-state index in [4.69, 9.17) is 16.3 Å². The second-order valence-electron chi connectivity index (χ2n) is 9.92. The zero-order chi connectivity index (χ0) is 26.8. The lowest BCUT2D eigenvalue weighted by Crippen LogP contribution is -2.55. The molecule has 1 amide bonds. The first-order valence-electron chi connectivity index (χ1n) is 12.7. The summed E-state index contributed by atoms with van der Waals surface area (Å²) < 4.78 is 6.23. The summed E-state index contributed by atoms with van der Waals surface area (Å²) in [6.07, 6.45) is 8.75. The topological polar surface area (TPSA) is 96.0 Å². The maximum absolute atomic E-state index is 12.9. The smallest absolute Gasteiger partial charge is 0.272 e. The van der Waals surface area contributed by atoms with Gasteiger partial charge in [0.05, 0.1) is 16.2 Å². The van der Waals surface area contributed by atoms with E-state index in [-0.39, 0.29) is 24.1 Å². The first-order valence-corrected chi connectivity index (χ1v) is 13.1. The Morgan fingerprint density at radius 1 is 1.13 bits per heavy atom. The molecule has 0 bridgehead atoms. The summed E-state index contributed by atoms with van der Waals surface area (Å²) >= 11 is 6.38. The number of benzene rings is 1. The van der Waals surface area contributed by atoms with E-state index in [2.05, 4.69) is 39.3 Å². The number of fused-ring (bicyclic) bond motifs is 1. The first-order chi connectivity index (χ1) is 18.3. The van der Waals surface area contributed by atoms with Crippen LogP contribution in [-0.2, 0) is 0 Å². The van der Waals surface area contributed by atoms with Gasteiger partial charge in [-0.05, 0) is 69.2 Å². The van der Waals surface area contributed by atoms with Crippen LogP contribution in [-0.4, -0.2) is 56.1 Å². The lowest BCUT2D eigenvalue weighted by atomic mass is 10.1. The molecule has 2 N–H and O–H groups in total. The van der Waals surface area contributed by atoms with Crippen molar-refractivity contribution in [2.75, 3.05) is 13.1 Å². The molecule has 3 aromatic heterocycles. The molecule has 0 radical (unpaired) electrons. The Labute approximate surface area is 227 Å². The maximum Gasteiger partial charge on any atom is 0.272 e. The van der Waals surface area contributed by atoms with Crippen LogP contribution in [0.15, 0.2) is 48.9 Å². The van der Waals surface area contributed by atoms with Gasteiger partial charge >= 0.3 is 0 Å². The molecule has 38 heavy (non-hydrogen) atoms. The molecule has 4 heterocycles. The Balaban J connectivity index is 1.30. The zero-order valence-electron chi connectivity index (χ0n) is 21.9. The van der Waals surface area contributed by atoms with Crippen LogP contribution in [0.5, 0.6) is 5.75 Å². The van der Waals surface area contributed by atoms with Gasteiger partial charge in [0.1, 0.15) is 17.5 Å². The lowest BCUT2D eigenvalue weighted by molar-refractivity contribution is 0.0668. The highest BCUT2D eigenvalue weighted by atomic mass is 35.5. The highest BCUT2D eigenvalue weighted by molar-refractivity contribution is 6.31. The van der Waals surface area contributed by atoms with Gasteiger partial charge < -0.3 is 15.0 Å². The quantitative estimate of drug-likeness (QED) is 0.344. The summed E-state index contributed by atoms with van der Waals surface area (Å²) in [4.78, 5) is 23.3. The van der Waals surface area contributed by atoms with Crippen molar-refractivity contribution in [1.82, 2.24) is 30.4 Å². The number of hydrogen-bond acceptors (Lipinski definition) is 6. The number of carbonyl (C=O) groups is 1. The fourth-order valence-corrected chi connectivity index (χ4v) is 5.35. The molecule has 8 nitrogen and oxygen atoms in total. The summed E-state index contributed by atoms with van der Waals surface area (Å²) in [5, 5.41) is 12.5. The van der Waals surface area contributed by atoms with Crippen molar-refractivity contribution in [3.05, 3.63) is 82.0 Å². The number of ether oxygens (including phenoxy) is 1. The number of carbonyl (C=O) groups excluding carboxylic acids is 1. The van der Waals surface area contributed by atoms with Crippen LogP contribution in [0.2, 0.25) is 5.02 Å². The van der Waals surface area contributed by atoms with Crippen LogP contribution in [0.3, 0.4) is 0 Å². The van der Waals surface area contributed by atoms with Crippen molar-refractivity contribution in [3.8, 4) is 5.75 Å². The fourth-order valence-electron chi connectivity index (χ4n) is 4.99. The van der Waals surface area contributed by atoms with Crippen LogP contribution in [0.1, 0.15) is 59.7 Å². The number of aryl methyl sites for hydroxylation is 1. The van der Waals surface area contributed by atoms with Gasteiger partial charge in [0, 0.05) is 54.7 Å². The summed E-state index contributed by atoms with van der Waals surface area (Å²) in [7, 11) is 0. The van der Waals surface area contributed by atoms with Crippen molar-refractivity contribution >= 4 is 40.6 Å². The standard InChI is InChI=1S/C29H31ClN6O2/c1-17-12-31-14-24(30)28(17)20(4)38-22-7-10-26-23(11-22)25(34-35-26)8-5-21-6-9-27(32-13-21)29(37)36-15-18(2)33-19(3)16-36/h5-14,18-20,33H,15-16H2,1-4H3,(H,34,35)/b8-5+/t18-,19+,20-/m1/s1. The van der Waals surface area contributed by atoms with Gasteiger partial charge in [0.2, 0.25) is 0 Å². The number of amides is 1. The minimum Gasteiger partial charge on any atom is -0.486 e. The molecule has 0 aliphatic carbocycles. The van der Waals surface area contributed by atoms with Gasteiger partial charge in [-0.15, -0.1) is 0 Å². The molecule has 9 heteroatoms. The Morgan fingerprint density at radius 3 is 2.63 bits per heavy atom. The fraction of sp³-hybridized carbons (Fsp3) is 0.310. The predicted octanol–water partition coefficient (Wildman–Crippen LogP) is 5.45. The van der Waals surface area contributed by atoms with Gasteiger partial charge in [0.15, 0.2) is 0 Å². The number of H-pyrrole nitrogens is 1. The molecule has 4 aromatic rings. The molecule has 3 atom stereocenters. The third-order valence-electron chi connectivity index (χ3n) is 6.71. The molecule has 5 rings (SSSR count). The van der Waals surface area contributed by atoms with E-state index in [1.54, 1.807) is 24.7 Å². The van der Waals surface area contributed by atoms with Crippen molar-refractivity contribution in [1.29, 1.82) is 0 Å². The Hall–Kier alpha value is -3.75. The predicted molar refractivity (Wildman–Crippen MR) is 150 cm³/mol. The molecule has 1 fully saturated rings. The second-order valence-corrected chi connectivity index (χ2v) is 10.3. The number of aromatic nitrogens is 4.